The van der Waals surface area contributed by atoms with Gasteiger partial charge in [-0.3, -0.25) is 9.59 Å². The molecule has 1 saturated heterocycles. The van der Waals surface area contributed by atoms with E-state index < -0.39 is 0 Å². The van der Waals surface area contributed by atoms with E-state index in [-0.39, 0.29) is 17.9 Å². The minimum Gasteiger partial charge on any atom is -0.378 e. The van der Waals surface area contributed by atoms with E-state index >= 15 is 0 Å². The maximum Gasteiger partial charge on any atom is 0.258 e. The second-order valence-electron chi connectivity index (χ2n) is 6.81. The molecule has 0 atom stereocenters. The van der Waals surface area contributed by atoms with Gasteiger partial charge in [-0.2, -0.15) is 0 Å². The van der Waals surface area contributed by atoms with Gasteiger partial charge in [-0.15, -0.1) is 0 Å². The molecule has 1 aliphatic rings. The van der Waals surface area contributed by atoms with Gasteiger partial charge in [-0.05, 0) is 24.3 Å². The molecule has 1 fully saturated rings. The Hall–Kier alpha value is -2.90. The third-order valence-corrected chi connectivity index (χ3v) is 5.14. The molecule has 0 unspecified atom stereocenters. The van der Waals surface area contributed by atoms with Crippen LogP contribution in [0.15, 0.2) is 47.3 Å². The van der Waals surface area contributed by atoms with Crippen LogP contribution in [0.3, 0.4) is 0 Å². The SMILES string of the molecule is O=C(CCc1nc2ccccc2c(=O)[nH]1)Nc1cccc(Cl)c1N1CCOCC1. The number of carbonyl (C=O) groups is 1. The zero-order valence-electron chi connectivity index (χ0n) is 15.8. The molecule has 3 aromatic rings. The van der Waals surface area contributed by atoms with E-state index in [0.717, 1.165) is 18.8 Å². The average molecular weight is 413 g/mol. The number of benzene rings is 2. The summed E-state index contributed by atoms with van der Waals surface area (Å²) in [7, 11) is 0. The fourth-order valence-electron chi connectivity index (χ4n) is 3.42. The number of rotatable bonds is 5. The molecule has 0 bridgehead atoms. The largest absolute Gasteiger partial charge is 0.378 e. The van der Waals surface area contributed by atoms with Crippen LogP contribution in [0.1, 0.15) is 12.2 Å². The number of morpholine rings is 1. The molecule has 2 heterocycles. The number of hydrogen-bond acceptors (Lipinski definition) is 5. The number of halogens is 1. The van der Waals surface area contributed by atoms with Crippen LogP contribution in [0.2, 0.25) is 5.02 Å². The number of aromatic nitrogens is 2. The number of hydrogen-bond donors (Lipinski definition) is 2. The van der Waals surface area contributed by atoms with Crippen molar-refractivity contribution in [2.24, 2.45) is 0 Å². The number of para-hydroxylation sites is 2. The molecule has 0 saturated carbocycles. The molecule has 1 aromatic heterocycles. The molecule has 2 aromatic carbocycles. The van der Waals surface area contributed by atoms with Gasteiger partial charge in [0.2, 0.25) is 5.91 Å². The van der Waals surface area contributed by atoms with Crippen molar-refractivity contribution < 1.29 is 9.53 Å². The third kappa shape index (κ3) is 4.41. The van der Waals surface area contributed by atoms with E-state index in [1.165, 1.54) is 0 Å². The highest BCUT2D eigenvalue weighted by molar-refractivity contribution is 6.34. The van der Waals surface area contributed by atoms with Crippen molar-refractivity contribution in [3.63, 3.8) is 0 Å². The fraction of sp³-hybridized carbons (Fsp3) is 0.286. The normalized spacial score (nSPS) is 14.2. The molecular weight excluding hydrogens is 392 g/mol. The highest BCUT2D eigenvalue weighted by Crippen LogP contribution is 2.34. The van der Waals surface area contributed by atoms with Crippen LogP contribution in [-0.4, -0.2) is 42.2 Å². The first kappa shape index (κ1) is 19.4. The summed E-state index contributed by atoms with van der Waals surface area (Å²) in [5.74, 6) is 0.320. The summed E-state index contributed by atoms with van der Waals surface area (Å²) < 4.78 is 5.40. The molecule has 150 valence electrons. The van der Waals surface area contributed by atoms with Gasteiger partial charge >= 0.3 is 0 Å². The van der Waals surface area contributed by atoms with Crippen molar-refractivity contribution in [3.05, 3.63) is 63.7 Å². The van der Waals surface area contributed by atoms with Crippen molar-refractivity contribution in [2.45, 2.75) is 12.8 Å². The lowest BCUT2D eigenvalue weighted by Crippen LogP contribution is -2.37. The summed E-state index contributed by atoms with van der Waals surface area (Å²) in [4.78, 5) is 34.0. The minimum absolute atomic E-state index is 0.169. The lowest BCUT2D eigenvalue weighted by atomic mass is 10.2. The second-order valence-corrected chi connectivity index (χ2v) is 7.22. The smallest absolute Gasteiger partial charge is 0.258 e. The number of anilines is 2. The van der Waals surface area contributed by atoms with Gasteiger partial charge in [-0.25, -0.2) is 4.98 Å². The van der Waals surface area contributed by atoms with Gasteiger partial charge in [-0.1, -0.05) is 29.8 Å². The number of aromatic amines is 1. The Morgan fingerprint density at radius 1 is 1.17 bits per heavy atom. The van der Waals surface area contributed by atoms with Gasteiger partial charge in [0, 0.05) is 25.9 Å². The van der Waals surface area contributed by atoms with Crippen LogP contribution >= 0.6 is 11.6 Å². The zero-order valence-corrected chi connectivity index (χ0v) is 16.5. The highest BCUT2D eigenvalue weighted by Gasteiger charge is 2.19. The van der Waals surface area contributed by atoms with Crippen LogP contribution in [0.4, 0.5) is 11.4 Å². The molecule has 4 rings (SSSR count). The quantitative estimate of drug-likeness (QED) is 0.672. The van der Waals surface area contributed by atoms with Crippen LogP contribution in [0, 0.1) is 0 Å². The van der Waals surface area contributed by atoms with E-state index in [0.29, 0.717) is 47.1 Å². The highest BCUT2D eigenvalue weighted by atomic mass is 35.5. The van der Waals surface area contributed by atoms with Crippen molar-refractivity contribution in [2.75, 3.05) is 36.5 Å². The number of H-pyrrole nitrogens is 1. The summed E-state index contributed by atoms with van der Waals surface area (Å²) in [6.45, 7) is 2.68. The Kier molecular flexibility index (Phi) is 5.78. The standard InChI is InChI=1S/C21H21ClN4O3/c22-15-5-3-7-17(20(15)26-10-12-29-13-11-26)24-19(27)9-8-18-23-16-6-2-1-4-14(16)21(28)25-18/h1-7H,8-13H2,(H,24,27)(H,23,25,28). The maximum absolute atomic E-state index is 12.6. The fourth-order valence-corrected chi connectivity index (χ4v) is 3.72. The molecule has 0 radical (unpaired) electrons. The Morgan fingerprint density at radius 2 is 1.97 bits per heavy atom. The molecule has 7 nitrogen and oxygen atoms in total. The number of nitrogens with zero attached hydrogens (tertiary/aromatic N) is 2. The van der Waals surface area contributed by atoms with E-state index in [1.807, 2.05) is 24.3 Å². The number of carbonyl (C=O) groups excluding carboxylic acids is 1. The van der Waals surface area contributed by atoms with Crippen LogP contribution in [0.5, 0.6) is 0 Å². The summed E-state index contributed by atoms with van der Waals surface area (Å²) in [5.41, 5.74) is 1.90. The molecule has 2 N–H and O–H groups in total. The number of nitrogens with one attached hydrogen (secondary N) is 2. The number of amides is 1. The first-order chi connectivity index (χ1) is 14.1. The average Bonchev–Trinajstić information content (AvgIpc) is 2.73. The third-order valence-electron chi connectivity index (χ3n) is 4.84. The number of ether oxygens (including phenoxy) is 1. The van der Waals surface area contributed by atoms with E-state index in [1.54, 1.807) is 18.2 Å². The monoisotopic (exact) mass is 412 g/mol. The minimum atomic E-state index is -0.199. The van der Waals surface area contributed by atoms with E-state index in [4.69, 9.17) is 16.3 Å². The number of fused-ring (bicyclic) bond motifs is 1. The first-order valence-electron chi connectivity index (χ1n) is 9.51. The predicted octanol–water partition coefficient (Wildman–Crippen LogP) is 2.98. The zero-order chi connectivity index (χ0) is 20.2. The first-order valence-corrected chi connectivity index (χ1v) is 9.88. The summed E-state index contributed by atoms with van der Waals surface area (Å²) in [6.07, 6.45) is 0.524. The molecule has 0 aliphatic carbocycles. The Balaban J connectivity index is 1.47. The Labute approximate surface area is 172 Å². The maximum atomic E-state index is 12.6. The summed E-state index contributed by atoms with van der Waals surface area (Å²) in [5, 5.41) is 4.07. The van der Waals surface area contributed by atoms with E-state index in [2.05, 4.69) is 20.2 Å². The molecule has 1 aliphatic heterocycles. The topological polar surface area (TPSA) is 87.3 Å². The van der Waals surface area contributed by atoms with E-state index in [9.17, 15) is 9.59 Å². The van der Waals surface area contributed by atoms with Crippen molar-refractivity contribution >= 4 is 39.8 Å². The van der Waals surface area contributed by atoms with Gasteiger partial charge in [0.05, 0.1) is 40.5 Å². The molecule has 1 amide bonds. The van der Waals surface area contributed by atoms with Crippen molar-refractivity contribution in [1.82, 2.24) is 9.97 Å². The number of aryl methyl sites for hydroxylation is 1. The van der Waals surface area contributed by atoms with Crippen molar-refractivity contribution in [3.8, 4) is 0 Å². The Morgan fingerprint density at radius 3 is 2.79 bits per heavy atom. The lowest BCUT2D eigenvalue weighted by molar-refractivity contribution is -0.116. The van der Waals surface area contributed by atoms with Gasteiger partial charge in [0.1, 0.15) is 5.82 Å². The molecule has 8 heteroatoms. The van der Waals surface area contributed by atoms with Crippen LogP contribution < -0.4 is 15.8 Å². The predicted molar refractivity (Wildman–Crippen MR) is 114 cm³/mol. The Bertz CT molecular complexity index is 1090. The molecule has 29 heavy (non-hydrogen) atoms. The van der Waals surface area contributed by atoms with Gasteiger partial charge in [0.15, 0.2) is 0 Å². The molecule has 0 spiro atoms. The lowest BCUT2D eigenvalue weighted by Gasteiger charge is -2.31. The second kappa shape index (κ2) is 8.63. The summed E-state index contributed by atoms with van der Waals surface area (Å²) >= 11 is 6.41. The van der Waals surface area contributed by atoms with Crippen molar-refractivity contribution in [1.29, 1.82) is 0 Å². The van der Waals surface area contributed by atoms with Crippen LogP contribution in [-0.2, 0) is 16.0 Å². The van der Waals surface area contributed by atoms with Crippen LogP contribution in [0.25, 0.3) is 10.9 Å². The van der Waals surface area contributed by atoms with Gasteiger partial charge in [0.25, 0.3) is 5.56 Å². The van der Waals surface area contributed by atoms with Gasteiger partial charge < -0.3 is 19.9 Å². The summed E-state index contributed by atoms with van der Waals surface area (Å²) in [6, 6.07) is 12.6. The molecular formula is C21H21ClN4O3.